The second-order valence-electron chi connectivity index (χ2n) is 11.0. The average molecular weight is 417 g/mol. The standard InChI is InChI=1S/C31H28O/c1-17-10-11-18-20-15-25-21(16-24(20)31(4,5)23(18)14-17)28-22(30(25,2)3)12-13-27-29(28)19-8-6-7-9-26(19)32-27/h8-16H,6-7H2,1-5H3. The number of hydrogen-bond donors (Lipinski definition) is 0. The largest absolute Gasteiger partial charge is 0.456 e. The maximum atomic E-state index is 6.31. The van der Waals surface area contributed by atoms with E-state index in [1.54, 1.807) is 0 Å². The molecule has 0 aliphatic heterocycles. The molecule has 0 bridgehead atoms. The minimum atomic E-state index is -0.0337. The van der Waals surface area contributed by atoms with Crippen molar-refractivity contribution >= 4 is 23.1 Å². The third-order valence-electron chi connectivity index (χ3n) is 8.35. The van der Waals surface area contributed by atoms with E-state index in [9.17, 15) is 0 Å². The van der Waals surface area contributed by atoms with Crippen LogP contribution in [0.2, 0.25) is 0 Å². The van der Waals surface area contributed by atoms with Crippen LogP contribution < -0.4 is 10.6 Å². The van der Waals surface area contributed by atoms with Crippen LogP contribution in [0, 0.1) is 6.92 Å². The van der Waals surface area contributed by atoms with Crippen LogP contribution in [0.4, 0.5) is 0 Å². The highest BCUT2D eigenvalue weighted by Crippen LogP contribution is 2.56. The Morgan fingerprint density at radius 2 is 1.38 bits per heavy atom. The molecule has 0 amide bonds. The highest BCUT2D eigenvalue weighted by Gasteiger charge is 2.42. The van der Waals surface area contributed by atoms with Crippen molar-refractivity contribution in [1.29, 1.82) is 0 Å². The lowest BCUT2D eigenvalue weighted by molar-refractivity contribution is 0.571. The molecule has 1 heteroatoms. The van der Waals surface area contributed by atoms with Crippen LogP contribution in [-0.4, -0.2) is 0 Å². The molecular weight excluding hydrogens is 388 g/mol. The number of benzene rings is 3. The smallest absolute Gasteiger partial charge is 0.136 e. The van der Waals surface area contributed by atoms with E-state index in [0.29, 0.717) is 0 Å². The predicted molar refractivity (Wildman–Crippen MR) is 133 cm³/mol. The summed E-state index contributed by atoms with van der Waals surface area (Å²) in [5.74, 6) is 0. The molecule has 0 saturated carbocycles. The van der Waals surface area contributed by atoms with E-state index in [4.69, 9.17) is 4.42 Å². The highest BCUT2D eigenvalue weighted by molar-refractivity contribution is 6.02. The maximum absolute atomic E-state index is 6.31. The van der Waals surface area contributed by atoms with Crippen LogP contribution in [-0.2, 0) is 10.8 Å². The van der Waals surface area contributed by atoms with Crippen LogP contribution >= 0.6 is 0 Å². The molecule has 0 fully saturated rings. The zero-order valence-electron chi connectivity index (χ0n) is 19.5. The molecular formula is C31H28O. The summed E-state index contributed by atoms with van der Waals surface area (Å²) in [7, 11) is 0. The van der Waals surface area contributed by atoms with E-state index in [-0.39, 0.29) is 10.8 Å². The second-order valence-corrected chi connectivity index (χ2v) is 11.0. The molecule has 4 aromatic rings. The first-order valence-electron chi connectivity index (χ1n) is 11.9. The zero-order valence-corrected chi connectivity index (χ0v) is 19.5. The van der Waals surface area contributed by atoms with Gasteiger partial charge in [-0.1, -0.05) is 63.6 Å². The molecule has 3 aliphatic rings. The van der Waals surface area contributed by atoms with Gasteiger partial charge in [-0.2, -0.15) is 0 Å². The molecule has 0 unspecified atom stereocenters. The lowest BCUT2D eigenvalue weighted by Gasteiger charge is -2.24. The van der Waals surface area contributed by atoms with Gasteiger partial charge < -0.3 is 4.42 Å². The Hall–Kier alpha value is -3.06. The minimum absolute atomic E-state index is 0.00222. The van der Waals surface area contributed by atoms with Crippen molar-refractivity contribution in [2.24, 2.45) is 0 Å². The van der Waals surface area contributed by atoms with E-state index >= 15 is 0 Å². The summed E-state index contributed by atoms with van der Waals surface area (Å²) in [5, 5.41) is 2.61. The first-order valence-corrected chi connectivity index (χ1v) is 11.9. The summed E-state index contributed by atoms with van der Waals surface area (Å²) in [4.78, 5) is 0. The van der Waals surface area contributed by atoms with Crippen molar-refractivity contribution in [3.05, 3.63) is 80.9 Å². The Morgan fingerprint density at radius 3 is 2.22 bits per heavy atom. The summed E-state index contributed by atoms with van der Waals surface area (Å²) in [6.07, 6.45) is 6.79. The van der Waals surface area contributed by atoms with Gasteiger partial charge in [0.2, 0.25) is 0 Å². The Labute approximate surface area is 189 Å². The molecule has 0 spiro atoms. The fourth-order valence-corrected chi connectivity index (χ4v) is 6.59. The van der Waals surface area contributed by atoms with Crippen LogP contribution in [0.5, 0.6) is 0 Å². The van der Waals surface area contributed by atoms with E-state index in [0.717, 1.165) is 23.8 Å². The summed E-state index contributed by atoms with van der Waals surface area (Å²) in [5.41, 5.74) is 14.7. The summed E-state index contributed by atoms with van der Waals surface area (Å²) in [6.45, 7) is 11.7. The number of rotatable bonds is 0. The summed E-state index contributed by atoms with van der Waals surface area (Å²) >= 11 is 0. The third kappa shape index (κ3) is 2.05. The first-order chi connectivity index (χ1) is 15.3. The fraction of sp³-hybridized carbons (Fsp3) is 0.290. The van der Waals surface area contributed by atoms with Crippen LogP contribution in [0.15, 0.2) is 46.9 Å². The lowest BCUT2D eigenvalue weighted by Crippen LogP contribution is -2.22. The van der Waals surface area contributed by atoms with E-state index < -0.39 is 0 Å². The van der Waals surface area contributed by atoms with Crippen molar-refractivity contribution in [3.63, 3.8) is 0 Å². The van der Waals surface area contributed by atoms with Gasteiger partial charge in [0.05, 0.1) is 0 Å². The lowest BCUT2D eigenvalue weighted by atomic mass is 9.79. The van der Waals surface area contributed by atoms with Crippen molar-refractivity contribution < 1.29 is 4.42 Å². The fourth-order valence-electron chi connectivity index (χ4n) is 6.59. The number of hydrogen-bond acceptors (Lipinski definition) is 1. The first kappa shape index (κ1) is 18.5. The van der Waals surface area contributed by atoms with Crippen LogP contribution in [0.3, 0.4) is 0 Å². The van der Waals surface area contributed by atoms with Gasteiger partial charge in [-0.3, -0.25) is 0 Å². The molecule has 0 saturated heterocycles. The van der Waals surface area contributed by atoms with Gasteiger partial charge in [0.15, 0.2) is 0 Å². The molecule has 32 heavy (non-hydrogen) atoms. The quantitative estimate of drug-likeness (QED) is 0.310. The molecule has 7 rings (SSSR count). The van der Waals surface area contributed by atoms with E-state index in [1.165, 1.54) is 60.7 Å². The number of furan rings is 1. The Morgan fingerprint density at radius 1 is 0.688 bits per heavy atom. The van der Waals surface area contributed by atoms with Gasteiger partial charge in [-0.05, 0) is 88.5 Å². The molecule has 0 atom stereocenters. The molecule has 3 aromatic carbocycles. The van der Waals surface area contributed by atoms with Crippen molar-refractivity contribution in [2.45, 2.75) is 58.3 Å². The Kier molecular flexibility index (Phi) is 3.26. The predicted octanol–water partition coefficient (Wildman–Crippen LogP) is 6.71. The molecule has 3 aliphatic carbocycles. The Balaban J connectivity index is 1.62. The second kappa shape index (κ2) is 5.64. The number of aryl methyl sites for hydroxylation is 1. The molecule has 1 heterocycles. The van der Waals surface area contributed by atoms with E-state index in [2.05, 4.69) is 89.2 Å². The summed E-state index contributed by atoms with van der Waals surface area (Å²) in [6, 6.07) is 16.5. The topological polar surface area (TPSA) is 13.1 Å². The SMILES string of the molecule is Cc1ccc2c(c1)C(C)(C)c1cc3c(cc1-2)C(C)(C)c1ccc2oc4c(c2c1-3)=CCCC=4. The van der Waals surface area contributed by atoms with Gasteiger partial charge in [0.1, 0.15) is 11.0 Å². The third-order valence-corrected chi connectivity index (χ3v) is 8.35. The number of fused-ring (bicyclic) bond motifs is 10. The average Bonchev–Trinajstić information content (AvgIpc) is 3.33. The van der Waals surface area contributed by atoms with Crippen molar-refractivity contribution in [1.82, 2.24) is 0 Å². The van der Waals surface area contributed by atoms with Gasteiger partial charge in [-0.25, -0.2) is 0 Å². The molecule has 1 nitrogen and oxygen atoms in total. The van der Waals surface area contributed by atoms with Gasteiger partial charge >= 0.3 is 0 Å². The molecule has 1 aromatic heterocycles. The minimum Gasteiger partial charge on any atom is -0.456 e. The van der Waals surface area contributed by atoms with Crippen molar-refractivity contribution in [3.8, 4) is 22.3 Å². The van der Waals surface area contributed by atoms with E-state index in [1.807, 2.05) is 0 Å². The van der Waals surface area contributed by atoms with Gasteiger partial charge in [0.25, 0.3) is 0 Å². The van der Waals surface area contributed by atoms with Gasteiger partial charge in [0, 0.05) is 21.4 Å². The zero-order chi connectivity index (χ0) is 22.0. The normalized spacial score (nSPS) is 18.3. The molecule has 0 N–H and O–H groups in total. The monoisotopic (exact) mass is 416 g/mol. The van der Waals surface area contributed by atoms with Gasteiger partial charge in [-0.15, -0.1) is 0 Å². The molecule has 0 radical (unpaired) electrons. The maximum Gasteiger partial charge on any atom is 0.136 e. The van der Waals surface area contributed by atoms with Crippen molar-refractivity contribution in [2.75, 3.05) is 0 Å². The van der Waals surface area contributed by atoms with Crippen LogP contribution in [0.25, 0.3) is 45.4 Å². The Bertz CT molecular complexity index is 1620. The molecule has 158 valence electrons. The van der Waals surface area contributed by atoms with Crippen LogP contribution in [0.1, 0.15) is 68.4 Å². The highest BCUT2D eigenvalue weighted by atomic mass is 16.3. The summed E-state index contributed by atoms with van der Waals surface area (Å²) < 4.78 is 6.31.